The number of nitrogens with zero attached hydrogens (tertiary/aromatic N) is 3. The number of aromatic nitrogens is 2. The van der Waals surface area contributed by atoms with Crippen molar-refractivity contribution in [2.24, 2.45) is 0 Å². The van der Waals surface area contributed by atoms with Crippen LogP contribution in [0.3, 0.4) is 0 Å². The van der Waals surface area contributed by atoms with E-state index >= 15 is 0 Å². The summed E-state index contributed by atoms with van der Waals surface area (Å²) in [5.74, 6) is 0.893. The molecule has 1 aliphatic rings. The van der Waals surface area contributed by atoms with E-state index in [4.69, 9.17) is 16.3 Å². The van der Waals surface area contributed by atoms with Crippen molar-refractivity contribution in [3.05, 3.63) is 46.7 Å². The molecule has 140 valence electrons. The van der Waals surface area contributed by atoms with Crippen LogP contribution in [-0.2, 0) is 11.2 Å². The maximum Gasteiger partial charge on any atom is 0.236 e. The number of carbonyl (C=O) groups excluding carboxylic acids is 1. The van der Waals surface area contributed by atoms with Crippen LogP contribution < -0.4 is 4.74 Å². The number of halogens is 1. The number of hydrogen-bond donors (Lipinski definition) is 1. The fourth-order valence-corrected chi connectivity index (χ4v) is 3.36. The van der Waals surface area contributed by atoms with Crippen LogP contribution in [0, 0.1) is 0 Å². The average Bonchev–Trinajstić information content (AvgIpc) is 3.24. The number of likely N-dealkylation sites (N-methyl/N-ethyl adjacent to an activating group) is 1. The molecule has 1 atom stereocenters. The second kappa shape index (κ2) is 8.56. The molecule has 0 bridgehead atoms. The van der Waals surface area contributed by atoms with Gasteiger partial charge in [0.1, 0.15) is 5.75 Å². The van der Waals surface area contributed by atoms with Gasteiger partial charge in [-0.2, -0.15) is 5.10 Å². The predicted molar refractivity (Wildman–Crippen MR) is 101 cm³/mol. The normalized spacial score (nSPS) is 17.4. The zero-order valence-electron chi connectivity index (χ0n) is 15.2. The Bertz CT molecular complexity index is 747. The van der Waals surface area contributed by atoms with Gasteiger partial charge in [0.15, 0.2) is 0 Å². The highest BCUT2D eigenvalue weighted by Crippen LogP contribution is 2.30. The lowest BCUT2D eigenvalue weighted by atomic mass is 10.1. The molecule has 0 radical (unpaired) electrons. The lowest BCUT2D eigenvalue weighted by Gasteiger charge is -2.23. The number of nitrogens with one attached hydrogen (secondary N) is 1. The van der Waals surface area contributed by atoms with Crippen LogP contribution in [0.25, 0.3) is 0 Å². The summed E-state index contributed by atoms with van der Waals surface area (Å²) in [7, 11) is 3.58. The van der Waals surface area contributed by atoms with Gasteiger partial charge < -0.3 is 9.64 Å². The van der Waals surface area contributed by atoms with Crippen LogP contribution in [0.2, 0.25) is 5.02 Å². The number of aromatic amines is 1. The Morgan fingerprint density at radius 2 is 2.27 bits per heavy atom. The SMILES string of the molecule is CN(C)C(=O)CN1CCCC1c1cc(CCOc2cccc(Cl)c2)[nH]n1. The van der Waals surface area contributed by atoms with E-state index in [2.05, 4.69) is 21.2 Å². The summed E-state index contributed by atoms with van der Waals surface area (Å²) in [4.78, 5) is 15.9. The topological polar surface area (TPSA) is 61.5 Å². The molecular formula is C19H25ClN4O2. The summed E-state index contributed by atoms with van der Waals surface area (Å²) in [6.07, 6.45) is 2.86. The number of benzene rings is 1. The number of hydrogen-bond acceptors (Lipinski definition) is 4. The van der Waals surface area contributed by atoms with Crippen molar-refractivity contribution in [2.75, 3.05) is 33.8 Å². The first-order chi connectivity index (χ1) is 12.5. The van der Waals surface area contributed by atoms with E-state index in [0.717, 1.165) is 42.9 Å². The van der Waals surface area contributed by atoms with Crippen LogP contribution >= 0.6 is 11.6 Å². The zero-order valence-corrected chi connectivity index (χ0v) is 16.0. The van der Waals surface area contributed by atoms with E-state index in [1.54, 1.807) is 25.1 Å². The van der Waals surface area contributed by atoms with Crippen molar-refractivity contribution in [3.8, 4) is 5.75 Å². The maximum atomic E-state index is 12.0. The van der Waals surface area contributed by atoms with Crippen molar-refractivity contribution < 1.29 is 9.53 Å². The van der Waals surface area contributed by atoms with E-state index in [1.165, 1.54) is 0 Å². The van der Waals surface area contributed by atoms with Gasteiger partial charge in [0.2, 0.25) is 5.91 Å². The molecule has 0 spiro atoms. The average molecular weight is 377 g/mol. The van der Waals surface area contributed by atoms with Crippen LogP contribution in [0.15, 0.2) is 30.3 Å². The summed E-state index contributed by atoms with van der Waals surface area (Å²) in [5, 5.41) is 8.24. The first-order valence-corrected chi connectivity index (χ1v) is 9.27. The number of ether oxygens (including phenoxy) is 1. The number of carbonyl (C=O) groups is 1. The molecule has 26 heavy (non-hydrogen) atoms. The van der Waals surface area contributed by atoms with E-state index in [0.29, 0.717) is 18.2 Å². The summed E-state index contributed by atoms with van der Waals surface area (Å²) < 4.78 is 5.73. The molecule has 6 nitrogen and oxygen atoms in total. The van der Waals surface area contributed by atoms with E-state index in [-0.39, 0.29) is 11.9 Å². The lowest BCUT2D eigenvalue weighted by Crippen LogP contribution is -2.36. The predicted octanol–water partition coefficient (Wildman–Crippen LogP) is 2.91. The minimum Gasteiger partial charge on any atom is -0.493 e. The molecule has 1 aromatic heterocycles. The minimum absolute atomic E-state index is 0.127. The molecule has 1 N–H and O–H groups in total. The quantitative estimate of drug-likeness (QED) is 0.807. The Balaban J connectivity index is 1.54. The molecule has 3 rings (SSSR count). The Hall–Kier alpha value is -2.05. The molecule has 0 aliphatic carbocycles. The fraction of sp³-hybridized carbons (Fsp3) is 0.474. The summed E-state index contributed by atoms with van der Waals surface area (Å²) >= 11 is 5.96. The minimum atomic E-state index is 0.127. The molecule has 0 saturated carbocycles. The molecule has 1 aromatic carbocycles. The molecule has 1 unspecified atom stereocenters. The smallest absolute Gasteiger partial charge is 0.236 e. The van der Waals surface area contributed by atoms with Crippen LogP contribution in [-0.4, -0.2) is 59.7 Å². The highest BCUT2D eigenvalue weighted by atomic mass is 35.5. The van der Waals surface area contributed by atoms with E-state index < -0.39 is 0 Å². The summed E-state index contributed by atoms with van der Waals surface area (Å²) in [5.41, 5.74) is 2.04. The second-order valence-corrected chi connectivity index (χ2v) is 7.23. The number of rotatable bonds is 7. The standard InChI is InChI=1S/C19H25ClN4O2/c1-23(2)19(25)13-24-9-4-7-18(24)17-12-15(21-22-17)8-10-26-16-6-3-5-14(20)11-16/h3,5-6,11-12,18H,4,7-10,13H2,1-2H3,(H,21,22). The van der Waals surface area contributed by atoms with Gasteiger partial charge in [-0.3, -0.25) is 14.8 Å². The van der Waals surface area contributed by atoms with Gasteiger partial charge in [-0.1, -0.05) is 17.7 Å². The van der Waals surface area contributed by atoms with Crippen LogP contribution in [0.1, 0.15) is 30.3 Å². The first kappa shape index (κ1) is 18.7. The number of likely N-dealkylation sites (tertiary alicyclic amines) is 1. The van der Waals surface area contributed by atoms with Gasteiger partial charge in [0, 0.05) is 31.2 Å². The van der Waals surface area contributed by atoms with Crippen molar-refractivity contribution in [3.63, 3.8) is 0 Å². The molecule has 1 saturated heterocycles. The Morgan fingerprint density at radius 1 is 1.42 bits per heavy atom. The molecule has 1 amide bonds. The van der Waals surface area contributed by atoms with Gasteiger partial charge in [0.25, 0.3) is 0 Å². The van der Waals surface area contributed by atoms with Crippen LogP contribution in [0.4, 0.5) is 0 Å². The molecular weight excluding hydrogens is 352 g/mol. The summed E-state index contributed by atoms with van der Waals surface area (Å²) in [6, 6.07) is 9.68. The van der Waals surface area contributed by atoms with Gasteiger partial charge in [-0.05, 0) is 43.7 Å². The third-order valence-electron chi connectivity index (χ3n) is 4.63. The van der Waals surface area contributed by atoms with Gasteiger partial charge in [-0.15, -0.1) is 0 Å². The number of amides is 1. The van der Waals surface area contributed by atoms with Crippen molar-refractivity contribution in [2.45, 2.75) is 25.3 Å². The van der Waals surface area contributed by atoms with Gasteiger partial charge in [-0.25, -0.2) is 0 Å². The molecule has 2 aromatic rings. The Labute approximate surface area is 159 Å². The van der Waals surface area contributed by atoms with Gasteiger partial charge in [0.05, 0.1) is 24.9 Å². The van der Waals surface area contributed by atoms with Crippen molar-refractivity contribution in [1.29, 1.82) is 0 Å². The number of H-pyrrole nitrogens is 1. The lowest BCUT2D eigenvalue weighted by molar-refractivity contribution is -0.130. The van der Waals surface area contributed by atoms with Gasteiger partial charge >= 0.3 is 0 Å². The molecule has 1 fully saturated rings. The molecule has 7 heteroatoms. The van der Waals surface area contributed by atoms with E-state index in [9.17, 15) is 4.79 Å². The third kappa shape index (κ3) is 4.77. The molecule has 2 heterocycles. The third-order valence-corrected chi connectivity index (χ3v) is 4.86. The maximum absolute atomic E-state index is 12.0. The fourth-order valence-electron chi connectivity index (χ4n) is 3.18. The Morgan fingerprint density at radius 3 is 3.04 bits per heavy atom. The van der Waals surface area contributed by atoms with Crippen LogP contribution in [0.5, 0.6) is 5.75 Å². The highest BCUT2D eigenvalue weighted by Gasteiger charge is 2.29. The van der Waals surface area contributed by atoms with Crippen molar-refractivity contribution >= 4 is 17.5 Å². The highest BCUT2D eigenvalue weighted by molar-refractivity contribution is 6.30. The monoisotopic (exact) mass is 376 g/mol. The molecule has 1 aliphatic heterocycles. The largest absolute Gasteiger partial charge is 0.493 e. The second-order valence-electron chi connectivity index (χ2n) is 6.79. The first-order valence-electron chi connectivity index (χ1n) is 8.89. The van der Waals surface area contributed by atoms with Crippen molar-refractivity contribution in [1.82, 2.24) is 20.0 Å². The van der Waals surface area contributed by atoms with E-state index in [1.807, 2.05) is 18.2 Å². The Kier molecular flexibility index (Phi) is 6.16. The summed E-state index contributed by atoms with van der Waals surface area (Å²) in [6.45, 7) is 1.93. The zero-order chi connectivity index (χ0) is 18.5.